The molecule has 2 N–H and O–H groups in total. The van der Waals surface area contributed by atoms with E-state index in [2.05, 4.69) is 36.3 Å². The molecule has 1 fully saturated rings. The van der Waals surface area contributed by atoms with Crippen LogP contribution in [0.5, 0.6) is 0 Å². The second-order valence-corrected chi connectivity index (χ2v) is 5.29. The Kier molecular flexibility index (Phi) is 4.74. The van der Waals surface area contributed by atoms with Crippen molar-refractivity contribution in [3.8, 4) is 0 Å². The molecule has 0 spiro atoms. The Morgan fingerprint density at radius 3 is 2.81 bits per heavy atom. The molecule has 1 aliphatic heterocycles. The molecule has 1 amide bonds. The number of amides is 1. The number of piperazine rings is 1. The van der Waals surface area contributed by atoms with E-state index in [4.69, 9.17) is 0 Å². The first-order chi connectivity index (χ1) is 7.45. The van der Waals surface area contributed by atoms with E-state index in [0.29, 0.717) is 6.54 Å². The van der Waals surface area contributed by atoms with Crippen molar-refractivity contribution < 1.29 is 4.79 Å². The molecule has 0 saturated carbocycles. The average molecular weight is 227 g/mol. The smallest absolute Gasteiger partial charge is 0.234 e. The molecular formula is C12H25N3O. The third kappa shape index (κ3) is 3.76. The zero-order valence-electron chi connectivity index (χ0n) is 11.0. The Morgan fingerprint density at radius 2 is 2.25 bits per heavy atom. The highest BCUT2D eigenvalue weighted by Gasteiger charge is 2.30. The first-order valence-corrected chi connectivity index (χ1v) is 6.21. The number of carbonyl (C=O) groups excluding carboxylic acids is 1. The van der Waals surface area contributed by atoms with Crippen molar-refractivity contribution in [3.05, 3.63) is 0 Å². The van der Waals surface area contributed by atoms with Gasteiger partial charge in [0.25, 0.3) is 0 Å². The monoisotopic (exact) mass is 227 g/mol. The minimum atomic E-state index is 0.0744. The Balaban J connectivity index is 2.43. The van der Waals surface area contributed by atoms with Crippen molar-refractivity contribution in [2.75, 3.05) is 26.2 Å². The quantitative estimate of drug-likeness (QED) is 0.738. The lowest BCUT2D eigenvalue weighted by atomic mass is 10.0. The summed E-state index contributed by atoms with van der Waals surface area (Å²) in [6, 6.07) is 0.276. The molecule has 16 heavy (non-hydrogen) atoms. The highest BCUT2D eigenvalue weighted by molar-refractivity contribution is 5.78. The van der Waals surface area contributed by atoms with Gasteiger partial charge in [-0.3, -0.25) is 9.69 Å². The number of hydrogen-bond acceptors (Lipinski definition) is 3. The maximum absolute atomic E-state index is 11.8. The summed E-state index contributed by atoms with van der Waals surface area (Å²) < 4.78 is 0. The van der Waals surface area contributed by atoms with Gasteiger partial charge in [-0.25, -0.2) is 0 Å². The van der Waals surface area contributed by atoms with Crippen LogP contribution in [0.1, 0.15) is 34.1 Å². The predicted molar refractivity (Wildman–Crippen MR) is 66.4 cm³/mol. The standard InChI is InChI=1S/C12H25N3O/c1-5-10(2)14-11(16)8-15-7-6-13-9-12(15,3)4/h10,13H,5-9H2,1-4H3,(H,14,16). The minimum Gasteiger partial charge on any atom is -0.353 e. The van der Waals surface area contributed by atoms with Gasteiger partial charge < -0.3 is 10.6 Å². The molecule has 1 unspecified atom stereocenters. The van der Waals surface area contributed by atoms with Crippen LogP contribution in [0.4, 0.5) is 0 Å². The van der Waals surface area contributed by atoms with Crippen molar-refractivity contribution in [2.24, 2.45) is 0 Å². The van der Waals surface area contributed by atoms with E-state index in [9.17, 15) is 4.79 Å². The van der Waals surface area contributed by atoms with Crippen molar-refractivity contribution in [1.82, 2.24) is 15.5 Å². The summed E-state index contributed by atoms with van der Waals surface area (Å²) in [6.45, 7) is 11.9. The fourth-order valence-electron chi connectivity index (χ4n) is 1.91. The average Bonchev–Trinajstić information content (AvgIpc) is 2.21. The largest absolute Gasteiger partial charge is 0.353 e. The van der Waals surface area contributed by atoms with E-state index in [1.54, 1.807) is 0 Å². The van der Waals surface area contributed by atoms with Gasteiger partial charge in [-0.05, 0) is 27.2 Å². The van der Waals surface area contributed by atoms with Gasteiger partial charge in [0, 0.05) is 31.2 Å². The fourth-order valence-corrected chi connectivity index (χ4v) is 1.91. The molecule has 0 aromatic heterocycles. The van der Waals surface area contributed by atoms with Crippen LogP contribution < -0.4 is 10.6 Å². The summed E-state index contributed by atoms with van der Waals surface area (Å²) in [7, 11) is 0. The topological polar surface area (TPSA) is 44.4 Å². The highest BCUT2D eigenvalue weighted by Crippen LogP contribution is 2.15. The molecular weight excluding hydrogens is 202 g/mol. The molecule has 0 bridgehead atoms. The van der Waals surface area contributed by atoms with Gasteiger partial charge in [0.2, 0.25) is 5.91 Å². The molecule has 1 rings (SSSR count). The summed E-state index contributed by atoms with van der Waals surface area (Å²) in [5.74, 6) is 0.143. The molecule has 0 aromatic rings. The number of rotatable bonds is 4. The maximum atomic E-state index is 11.8. The zero-order chi connectivity index (χ0) is 12.2. The second-order valence-electron chi connectivity index (χ2n) is 5.29. The van der Waals surface area contributed by atoms with Crippen LogP contribution in [0.2, 0.25) is 0 Å². The van der Waals surface area contributed by atoms with Crippen LogP contribution >= 0.6 is 0 Å². The minimum absolute atomic E-state index is 0.0744. The molecule has 94 valence electrons. The van der Waals surface area contributed by atoms with E-state index >= 15 is 0 Å². The molecule has 0 aliphatic carbocycles. The van der Waals surface area contributed by atoms with E-state index in [0.717, 1.165) is 26.1 Å². The molecule has 4 nitrogen and oxygen atoms in total. The SMILES string of the molecule is CCC(C)NC(=O)CN1CCNCC1(C)C. The predicted octanol–water partition coefficient (Wildman–Crippen LogP) is 0.585. The van der Waals surface area contributed by atoms with Gasteiger partial charge >= 0.3 is 0 Å². The van der Waals surface area contributed by atoms with Crippen molar-refractivity contribution in [3.63, 3.8) is 0 Å². The lowest BCUT2D eigenvalue weighted by molar-refractivity contribution is -0.124. The summed E-state index contributed by atoms with van der Waals surface area (Å²) in [4.78, 5) is 14.0. The Hall–Kier alpha value is -0.610. The van der Waals surface area contributed by atoms with Crippen molar-refractivity contribution in [2.45, 2.75) is 45.7 Å². The van der Waals surface area contributed by atoms with E-state index in [1.807, 2.05) is 6.92 Å². The van der Waals surface area contributed by atoms with Crippen molar-refractivity contribution in [1.29, 1.82) is 0 Å². The first kappa shape index (κ1) is 13.5. The molecule has 0 radical (unpaired) electrons. The molecule has 0 aromatic carbocycles. The number of nitrogens with one attached hydrogen (secondary N) is 2. The van der Waals surface area contributed by atoms with Gasteiger partial charge in [0.05, 0.1) is 6.54 Å². The van der Waals surface area contributed by atoms with Crippen molar-refractivity contribution >= 4 is 5.91 Å². The molecule has 4 heteroatoms. The molecule has 1 aliphatic rings. The summed E-state index contributed by atoms with van der Waals surface area (Å²) in [5, 5.41) is 6.37. The summed E-state index contributed by atoms with van der Waals surface area (Å²) in [6.07, 6.45) is 0.983. The Morgan fingerprint density at radius 1 is 1.56 bits per heavy atom. The summed E-state index contributed by atoms with van der Waals surface area (Å²) in [5.41, 5.74) is 0.0744. The van der Waals surface area contributed by atoms with E-state index in [-0.39, 0.29) is 17.5 Å². The van der Waals surface area contributed by atoms with Crippen LogP contribution in [0.3, 0.4) is 0 Å². The van der Waals surface area contributed by atoms with Gasteiger partial charge in [-0.2, -0.15) is 0 Å². The molecule has 1 saturated heterocycles. The zero-order valence-corrected chi connectivity index (χ0v) is 11.0. The van der Waals surface area contributed by atoms with Crippen LogP contribution in [-0.4, -0.2) is 48.6 Å². The van der Waals surface area contributed by atoms with E-state index in [1.165, 1.54) is 0 Å². The van der Waals surface area contributed by atoms with Crippen LogP contribution in [0.25, 0.3) is 0 Å². The third-order valence-corrected chi connectivity index (χ3v) is 3.33. The lowest BCUT2D eigenvalue weighted by Crippen LogP contribution is -2.60. The van der Waals surface area contributed by atoms with Gasteiger partial charge in [0.15, 0.2) is 0 Å². The maximum Gasteiger partial charge on any atom is 0.234 e. The lowest BCUT2D eigenvalue weighted by Gasteiger charge is -2.42. The first-order valence-electron chi connectivity index (χ1n) is 6.21. The van der Waals surface area contributed by atoms with Crippen LogP contribution in [0.15, 0.2) is 0 Å². The number of nitrogens with zero attached hydrogens (tertiary/aromatic N) is 1. The number of carbonyl (C=O) groups is 1. The van der Waals surface area contributed by atoms with Crippen LogP contribution in [0, 0.1) is 0 Å². The molecule has 1 heterocycles. The third-order valence-electron chi connectivity index (χ3n) is 3.33. The van der Waals surface area contributed by atoms with Gasteiger partial charge in [-0.1, -0.05) is 6.92 Å². The highest BCUT2D eigenvalue weighted by atomic mass is 16.2. The Labute approximate surface area is 98.8 Å². The molecule has 1 atom stereocenters. The fraction of sp³-hybridized carbons (Fsp3) is 0.917. The van der Waals surface area contributed by atoms with E-state index < -0.39 is 0 Å². The number of hydrogen-bond donors (Lipinski definition) is 2. The van der Waals surface area contributed by atoms with Gasteiger partial charge in [0.1, 0.15) is 0 Å². The normalized spacial score (nSPS) is 22.8. The second kappa shape index (κ2) is 5.64. The Bertz CT molecular complexity index is 240. The van der Waals surface area contributed by atoms with Gasteiger partial charge in [-0.15, -0.1) is 0 Å². The van der Waals surface area contributed by atoms with Crippen LogP contribution in [-0.2, 0) is 4.79 Å². The summed E-state index contributed by atoms with van der Waals surface area (Å²) >= 11 is 0.